The van der Waals surface area contributed by atoms with Crippen molar-refractivity contribution in [1.82, 2.24) is 0 Å². The highest BCUT2D eigenvalue weighted by atomic mass is 16.6. The van der Waals surface area contributed by atoms with Crippen LogP contribution in [0.1, 0.15) is 16.7 Å². The zero-order valence-corrected chi connectivity index (χ0v) is 9.59. The Hall–Kier alpha value is -1.51. The smallest absolute Gasteiger partial charge is 0.343 e. The van der Waals surface area contributed by atoms with Gasteiger partial charge in [-0.25, -0.2) is 4.79 Å². The molecule has 0 heterocycles. The second-order valence-corrected chi connectivity index (χ2v) is 3.57. The maximum atomic E-state index is 10.9. The predicted molar refractivity (Wildman–Crippen MR) is 58.2 cm³/mol. The molecule has 0 unspecified atom stereocenters. The molecule has 3 nitrogen and oxygen atoms in total. The molecule has 3 heteroatoms. The van der Waals surface area contributed by atoms with Crippen molar-refractivity contribution in [1.29, 1.82) is 0 Å². The van der Waals surface area contributed by atoms with E-state index in [1.807, 2.05) is 26.8 Å². The molecule has 0 saturated heterocycles. The second kappa shape index (κ2) is 4.82. The third-order valence-electron chi connectivity index (χ3n) is 2.34. The number of hydrogen-bond donors (Lipinski definition) is 0. The van der Waals surface area contributed by atoms with Crippen LogP contribution in [0.2, 0.25) is 0 Å². The van der Waals surface area contributed by atoms with E-state index < -0.39 is 0 Å². The standard InChI is InChI=1S/C12H16O3/c1-8-5-9(2)10(3)11(6-8)15-7-12(13)14-4/h5-6H,7H2,1-4H3. The first-order chi connectivity index (χ1) is 7.04. The fraction of sp³-hybridized carbons (Fsp3) is 0.417. The minimum Gasteiger partial charge on any atom is -0.482 e. The number of ether oxygens (including phenoxy) is 2. The molecule has 0 fully saturated rings. The van der Waals surface area contributed by atoms with Crippen LogP contribution >= 0.6 is 0 Å². The van der Waals surface area contributed by atoms with Gasteiger partial charge in [-0.3, -0.25) is 0 Å². The van der Waals surface area contributed by atoms with Crippen LogP contribution in [0.4, 0.5) is 0 Å². The summed E-state index contributed by atoms with van der Waals surface area (Å²) in [5.74, 6) is 0.381. The van der Waals surface area contributed by atoms with E-state index in [0.29, 0.717) is 0 Å². The normalized spacial score (nSPS) is 9.87. The van der Waals surface area contributed by atoms with Gasteiger partial charge in [-0.2, -0.15) is 0 Å². The van der Waals surface area contributed by atoms with E-state index >= 15 is 0 Å². The average Bonchev–Trinajstić information content (AvgIpc) is 2.20. The Kier molecular flexibility index (Phi) is 3.72. The molecule has 0 N–H and O–H groups in total. The number of methoxy groups -OCH3 is 1. The van der Waals surface area contributed by atoms with Crippen LogP contribution in [-0.2, 0) is 9.53 Å². The molecule has 0 amide bonds. The summed E-state index contributed by atoms with van der Waals surface area (Å²) in [4.78, 5) is 10.9. The second-order valence-electron chi connectivity index (χ2n) is 3.57. The molecule has 0 atom stereocenters. The Bertz CT molecular complexity index is 369. The highest BCUT2D eigenvalue weighted by molar-refractivity contribution is 5.71. The molecular formula is C12H16O3. The Balaban J connectivity index is 2.81. The van der Waals surface area contributed by atoms with Gasteiger partial charge in [-0.1, -0.05) is 6.07 Å². The van der Waals surface area contributed by atoms with Crippen LogP contribution in [0, 0.1) is 20.8 Å². The predicted octanol–water partition coefficient (Wildman–Crippen LogP) is 2.16. The monoisotopic (exact) mass is 208 g/mol. The van der Waals surface area contributed by atoms with Gasteiger partial charge in [0.05, 0.1) is 7.11 Å². The van der Waals surface area contributed by atoms with E-state index in [2.05, 4.69) is 10.8 Å². The molecule has 0 bridgehead atoms. The molecule has 1 aromatic carbocycles. The largest absolute Gasteiger partial charge is 0.482 e. The number of carbonyl (C=O) groups is 1. The van der Waals surface area contributed by atoms with Gasteiger partial charge >= 0.3 is 5.97 Å². The van der Waals surface area contributed by atoms with E-state index in [4.69, 9.17) is 4.74 Å². The van der Waals surface area contributed by atoms with E-state index in [9.17, 15) is 4.79 Å². The van der Waals surface area contributed by atoms with Gasteiger partial charge < -0.3 is 9.47 Å². The van der Waals surface area contributed by atoms with E-state index in [1.165, 1.54) is 7.11 Å². The lowest BCUT2D eigenvalue weighted by Gasteiger charge is -2.11. The van der Waals surface area contributed by atoms with Crippen molar-refractivity contribution in [3.63, 3.8) is 0 Å². The number of aryl methyl sites for hydroxylation is 2. The molecule has 0 spiro atoms. The van der Waals surface area contributed by atoms with Gasteiger partial charge in [0.2, 0.25) is 0 Å². The Morgan fingerprint density at radius 3 is 2.53 bits per heavy atom. The first-order valence-corrected chi connectivity index (χ1v) is 4.82. The van der Waals surface area contributed by atoms with Crippen LogP contribution in [0.5, 0.6) is 5.75 Å². The molecular weight excluding hydrogens is 192 g/mol. The Morgan fingerprint density at radius 1 is 1.27 bits per heavy atom. The third kappa shape index (κ3) is 2.98. The number of rotatable bonds is 3. The lowest BCUT2D eigenvalue weighted by molar-refractivity contribution is -0.142. The van der Waals surface area contributed by atoms with Crippen LogP contribution in [0.15, 0.2) is 12.1 Å². The maximum absolute atomic E-state index is 10.9. The van der Waals surface area contributed by atoms with Crippen molar-refractivity contribution in [2.45, 2.75) is 20.8 Å². The zero-order chi connectivity index (χ0) is 11.4. The van der Waals surface area contributed by atoms with Crippen LogP contribution in [0.25, 0.3) is 0 Å². The van der Waals surface area contributed by atoms with Crippen molar-refractivity contribution in [3.8, 4) is 5.75 Å². The summed E-state index contributed by atoms with van der Waals surface area (Å²) in [6.45, 7) is 5.95. The number of carbonyl (C=O) groups excluding carboxylic acids is 1. The Labute approximate surface area is 90.0 Å². The number of esters is 1. The summed E-state index contributed by atoms with van der Waals surface area (Å²) in [5.41, 5.74) is 3.34. The highest BCUT2D eigenvalue weighted by Crippen LogP contribution is 2.23. The topological polar surface area (TPSA) is 35.5 Å². The van der Waals surface area contributed by atoms with Crippen LogP contribution < -0.4 is 4.74 Å². The molecule has 1 rings (SSSR count). The quantitative estimate of drug-likeness (QED) is 0.714. The molecule has 0 aliphatic rings. The molecule has 1 aromatic rings. The molecule has 82 valence electrons. The minimum atomic E-state index is -0.367. The molecule has 15 heavy (non-hydrogen) atoms. The lowest BCUT2D eigenvalue weighted by atomic mass is 10.1. The summed E-state index contributed by atoms with van der Waals surface area (Å²) in [5, 5.41) is 0. The van der Waals surface area contributed by atoms with Crippen molar-refractivity contribution in [2.24, 2.45) is 0 Å². The Morgan fingerprint density at radius 2 is 1.93 bits per heavy atom. The third-order valence-corrected chi connectivity index (χ3v) is 2.34. The molecule has 0 aromatic heterocycles. The van der Waals surface area contributed by atoms with Gasteiger partial charge in [-0.05, 0) is 43.5 Å². The average molecular weight is 208 g/mol. The van der Waals surface area contributed by atoms with Gasteiger partial charge in [-0.15, -0.1) is 0 Å². The van der Waals surface area contributed by atoms with Crippen molar-refractivity contribution >= 4 is 5.97 Å². The first kappa shape index (κ1) is 11.6. The van der Waals surface area contributed by atoms with E-state index in [0.717, 1.165) is 22.4 Å². The molecule has 0 aliphatic heterocycles. The zero-order valence-electron chi connectivity index (χ0n) is 9.59. The molecule has 0 radical (unpaired) electrons. The summed E-state index contributed by atoms with van der Waals surface area (Å²) >= 11 is 0. The van der Waals surface area contributed by atoms with Crippen LogP contribution in [-0.4, -0.2) is 19.7 Å². The summed E-state index contributed by atoms with van der Waals surface area (Å²) in [7, 11) is 1.35. The van der Waals surface area contributed by atoms with Gasteiger partial charge in [0.15, 0.2) is 6.61 Å². The van der Waals surface area contributed by atoms with Crippen molar-refractivity contribution in [3.05, 3.63) is 28.8 Å². The van der Waals surface area contributed by atoms with Gasteiger partial charge in [0.1, 0.15) is 5.75 Å². The molecule has 0 saturated carbocycles. The van der Waals surface area contributed by atoms with Crippen LogP contribution in [0.3, 0.4) is 0 Å². The summed E-state index contributed by atoms with van der Waals surface area (Å²) in [6, 6.07) is 4.01. The minimum absolute atomic E-state index is 0.0414. The SMILES string of the molecule is COC(=O)COc1cc(C)cc(C)c1C. The fourth-order valence-corrected chi connectivity index (χ4v) is 1.35. The van der Waals surface area contributed by atoms with E-state index in [1.54, 1.807) is 0 Å². The van der Waals surface area contributed by atoms with Crippen molar-refractivity contribution < 1.29 is 14.3 Å². The number of hydrogen-bond acceptors (Lipinski definition) is 3. The summed E-state index contributed by atoms with van der Waals surface area (Å²) < 4.78 is 9.88. The van der Waals surface area contributed by atoms with Gasteiger partial charge in [0.25, 0.3) is 0 Å². The number of benzene rings is 1. The maximum Gasteiger partial charge on any atom is 0.343 e. The lowest BCUT2D eigenvalue weighted by Crippen LogP contribution is -2.13. The summed E-state index contributed by atoms with van der Waals surface area (Å²) in [6.07, 6.45) is 0. The fourth-order valence-electron chi connectivity index (χ4n) is 1.35. The highest BCUT2D eigenvalue weighted by Gasteiger charge is 2.06. The van der Waals surface area contributed by atoms with E-state index in [-0.39, 0.29) is 12.6 Å². The van der Waals surface area contributed by atoms with Crippen molar-refractivity contribution in [2.75, 3.05) is 13.7 Å². The molecule has 0 aliphatic carbocycles. The first-order valence-electron chi connectivity index (χ1n) is 4.82. The van der Waals surface area contributed by atoms with Gasteiger partial charge in [0, 0.05) is 0 Å².